The fourth-order valence-electron chi connectivity index (χ4n) is 7.36. The van der Waals surface area contributed by atoms with E-state index in [1.54, 1.807) is 41.5 Å². The number of esters is 1. The number of aromatic nitrogens is 1. The lowest BCUT2D eigenvalue weighted by molar-refractivity contribution is -0.153. The Labute approximate surface area is 342 Å². The van der Waals surface area contributed by atoms with Crippen LogP contribution < -0.4 is 5.32 Å². The molecule has 2 aromatic rings. The number of rotatable bonds is 24. The highest BCUT2D eigenvalue weighted by atomic mass is 32.1. The number of carboxylic acids is 1. The van der Waals surface area contributed by atoms with Gasteiger partial charge in [0.15, 0.2) is 11.9 Å². The number of Topliss-reactive ketones (excluding diaryl/α,β-unsaturated/α-hetero) is 1. The molecule has 1 aromatic carbocycles. The fourth-order valence-corrected chi connectivity index (χ4v) is 8.23. The summed E-state index contributed by atoms with van der Waals surface area (Å²) in [6, 6.07) is 5.01. The topological polar surface area (TPSA) is 176 Å². The second kappa shape index (κ2) is 23.5. The number of aliphatic carboxylic acids is 1. The molecule has 1 aromatic heterocycles. The van der Waals surface area contributed by atoms with Gasteiger partial charge in [0.05, 0.1) is 12.0 Å². The molecule has 7 atom stereocenters. The highest BCUT2D eigenvalue weighted by Crippen LogP contribution is 2.33. The van der Waals surface area contributed by atoms with Crippen LogP contribution in [0.4, 0.5) is 0 Å². The zero-order valence-corrected chi connectivity index (χ0v) is 36.0. The number of carboxylic acid groups (broad SMARTS) is 1. The number of hydrogen-bond acceptors (Lipinski definition) is 11. The number of benzene rings is 1. The number of amides is 2. The van der Waals surface area contributed by atoms with Crippen molar-refractivity contribution in [3.05, 3.63) is 45.9 Å². The van der Waals surface area contributed by atoms with Gasteiger partial charge in [-0.3, -0.25) is 28.9 Å². The summed E-state index contributed by atoms with van der Waals surface area (Å²) >= 11 is 1.19. The molecule has 57 heavy (non-hydrogen) atoms. The van der Waals surface area contributed by atoms with Gasteiger partial charge in [-0.25, -0.2) is 4.98 Å². The molecule has 0 unspecified atom stereocenters. The van der Waals surface area contributed by atoms with Crippen molar-refractivity contribution in [3.8, 4) is 5.75 Å². The Morgan fingerprint density at radius 1 is 1.05 bits per heavy atom. The van der Waals surface area contributed by atoms with E-state index >= 15 is 0 Å². The molecule has 3 rings (SSSR count). The number of likely N-dealkylation sites (N-methyl/N-ethyl adjacent to an activating group) is 1. The van der Waals surface area contributed by atoms with Crippen LogP contribution in [0.1, 0.15) is 133 Å². The Morgan fingerprint density at radius 2 is 1.75 bits per heavy atom. The molecule has 13 nitrogen and oxygen atoms in total. The molecular weight excluding hydrogens is 749 g/mol. The SMILES string of the molecule is CCCCOCN(C(=O)[C@@H](NC(=O)[C@H]1CCCCN1C)[C@@H](C)CC)[C@H](C[C@@H](OC(C)=O)c1nc(C(=O)C[C@@H](Cc2ccc(O)cc2)C[C@H](C)C(=O)O)cs1)C(C)C. The molecule has 0 saturated carbocycles. The molecule has 0 radical (unpaired) electrons. The molecule has 3 N–H and O–H groups in total. The number of carbonyl (C=O) groups is 5. The Balaban J connectivity index is 1.92. The third-order valence-corrected chi connectivity index (χ3v) is 12.0. The van der Waals surface area contributed by atoms with Gasteiger partial charge in [-0.05, 0) is 81.1 Å². The molecule has 1 saturated heterocycles. The summed E-state index contributed by atoms with van der Waals surface area (Å²) in [5.74, 6) is -3.35. The van der Waals surface area contributed by atoms with E-state index in [0.717, 1.165) is 44.2 Å². The summed E-state index contributed by atoms with van der Waals surface area (Å²) in [5, 5.41) is 24.5. The number of piperidine rings is 1. The van der Waals surface area contributed by atoms with Crippen LogP contribution in [-0.2, 0) is 35.1 Å². The van der Waals surface area contributed by atoms with Gasteiger partial charge in [0.25, 0.3) is 0 Å². The van der Waals surface area contributed by atoms with E-state index in [0.29, 0.717) is 24.5 Å². The van der Waals surface area contributed by atoms with E-state index in [9.17, 15) is 34.2 Å². The van der Waals surface area contributed by atoms with Crippen molar-refractivity contribution in [1.82, 2.24) is 20.1 Å². The minimum absolute atomic E-state index is 0.0145. The Morgan fingerprint density at radius 3 is 2.35 bits per heavy atom. The normalized spacial score (nSPS) is 17.9. The number of nitrogens with zero attached hydrogens (tertiary/aromatic N) is 3. The molecule has 318 valence electrons. The van der Waals surface area contributed by atoms with Crippen LogP contribution in [0.2, 0.25) is 0 Å². The van der Waals surface area contributed by atoms with Crippen LogP contribution in [0, 0.1) is 23.7 Å². The smallest absolute Gasteiger partial charge is 0.306 e. The number of likely N-dealkylation sites (tertiary alicyclic amines) is 1. The lowest BCUT2D eigenvalue weighted by Gasteiger charge is -2.40. The first-order chi connectivity index (χ1) is 27.1. The quantitative estimate of drug-likeness (QED) is 0.0430. The molecule has 2 heterocycles. The number of aromatic hydroxyl groups is 1. The second-order valence-corrected chi connectivity index (χ2v) is 17.0. The first-order valence-electron chi connectivity index (χ1n) is 20.6. The van der Waals surface area contributed by atoms with Gasteiger partial charge in [0.2, 0.25) is 11.8 Å². The van der Waals surface area contributed by atoms with E-state index in [2.05, 4.69) is 17.2 Å². The van der Waals surface area contributed by atoms with Crippen molar-refractivity contribution in [2.75, 3.05) is 26.9 Å². The molecule has 14 heteroatoms. The predicted octanol–water partition coefficient (Wildman–Crippen LogP) is 7.03. The van der Waals surface area contributed by atoms with Crippen molar-refractivity contribution in [2.45, 2.75) is 137 Å². The van der Waals surface area contributed by atoms with Gasteiger partial charge in [-0.15, -0.1) is 11.3 Å². The largest absolute Gasteiger partial charge is 0.508 e. The van der Waals surface area contributed by atoms with Crippen molar-refractivity contribution >= 4 is 40.9 Å². The number of hydrogen-bond donors (Lipinski definition) is 3. The van der Waals surface area contributed by atoms with Crippen molar-refractivity contribution in [2.24, 2.45) is 23.7 Å². The molecule has 1 aliphatic heterocycles. The molecular formula is C43H66N4O9S. The Kier molecular flexibility index (Phi) is 19.6. The zero-order chi connectivity index (χ0) is 42.2. The van der Waals surface area contributed by atoms with Gasteiger partial charge >= 0.3 is 11.9 Å². The maximum atomic E-state index is 14.8. The van der Waals surface area contributed by atoms with E-state index < -0.39 is 36.0 Å². The third kappa shape index (κ3) is 14.8. The number of phenols is 1. The van der Waals surface area contributed by atoms with Gasteiger partial charge in [0.1, 0.15) is 29.2 Å². The van der Waals surface area contributed by atoms with Crippen molar-refractivity contribution < 1.29 is 43.7 Å². The average Bonchev–Trinajstić information content (AvgIpc) is 3.67. The summed E-state index contributed by atoms with van der Waals surface area (Å²) in [7, 11) is 1.94. The summed E-state index contributed by atoms with van der Waals surface area (Å²) < 4.78 is 12.0. The van der Waals surface area contributed by atoms with E-state index in [4.69, 9.17) is 9.47 Å². The first kappa shape index (κ1) is 47.5. The van der Waals surface area contributed by atoms with Crippen LogP contribution >= 0.6 is 11.3 Å². The monoisotopic (exact) mass is 814 g/mol. The van der Waals surface area contributed by atoms with Crippen LogP contribution in [0.15, 0.2) is 29.6 Å². The number of nitrogens with one attached hydrogen (secondary N) is 1. The van der Waals surface area contributed by atoms with Crippen LogP contribution in [0.25, 0.3) is 0 Å². The molecule has 0 aliphatic carbocycles. The summed E-state index contributed by atoms with van der Waals surface area (Å²) in [4.78, 5) is 74.9. The highest BCUT2D eigenvalue weighted by molar-refractivity contribution is 7.09. The molecule has 2 amide bonds. The van der Waals surface area contributed by atoms with Crippen LogP contribution in [-0.4, -0.2) is 99.6 Å². The van der Waals surface area contributed by atoms with Crippen molar-refractivity contribution in [1.29, 1.82) is 0 Å². The zero-order valence-electron chi connectivity index (χ0n) is 35.2. The molecule has 1 fully saturated rings. The van der Waals surface area contributed by atoms with Gasteiger partial charge < -0.3 is 29.9 Å². The molecule has 1 aliphatic rings. The van der Waals surface area contributed by atoms with Gasteiger partial charge in [-0.1, -0.05) is 72.9 Å². The fraction of sp³-hybridized carbons (Fsp3) is 0.674. The van der Waals surface area contributed by atoms with Crippen molar-refractivity contribution in [3.63, 3.8) is 0 Å². The molecule has 0 spiro atoms. The summed E-state index contributed by atoms with van der Waals surface area (Å²) in [6.45, 7) is 14.2. The maximum absolute atomic E-state index is 14.8. The Hall–Kier alpha value is -3.88. The summed E-state index contributed by atoms with van der Waals surface area (Å²) in [6.07, 6.45) is 5.12. The number of carbonyl (C=O) groups excluding carboxylic acids is 4. The lowest BCUT2D eigenvalue weighted by atomic mass is 9.86. The predicted molar refractivity (Wildman–Crippen MR) is 220 cm³/mol. The highest BCUT2D eigenvalue weighted by Gasteiger charge is 2.39. The number of phenolic OH excluding ortho intramolecular Hbond substituents is 1. The van der Waals surface area contributed by atoms with Crippen LogP contribution in [0.3, 0.4) is 0 Å². The first-order valence-corrected chi connectivity index (χ1v) is 21.5. The summed E-state index contributed by atoms with van der Waals surface area (Å²) in [5.41, 5.74) is 1.06. The van der Waals surface area contributed by atoms with Gasteiger partial charge in [0, 0.05) is 37.8 Å². The number of ketones is 1. The third-order valence-electron chi connectivity index (χ3n) is 11.1. The van der Waals surface area contributed by atoms with E-state index in [1.807, 2.05) is 39.6 Å². The minimum Gasteiger partial charge on any atom is -0.508 e. The maximum Gasteiger partial charge on any atom is 0.306 e. The van der Waals surface area contributed by atoms with Crippen LogP contribution in [0.5, 0.6) is 5.75 Å². The van der Waals surface area contributed by atoms with E-state index in [-0.39, 0.29) is 78.8 Å². The standard InChI is InChI=1S/C43H66N4O9S/c1-9-11-20-55-26-47(42(52)39(28(5)10-2)45-40(51)35-14-12-13-19-46(35)8)36(27(3)4)24-38(56-30(7)48)41-44-34(25-57-41)37(50)23-32(21-29(6)43(53)54)22-31-15-17-33(49)18-16-31/h15-18,25,27-29,32,35-36,38-39,49H,9-14,19-24,26H2,1-8H3,(H,45,51)(H,53,54)/t28-,29-,32+,35+,36+,38+,39-/m0/s1. The molecule has 0 bridgehead atoms. The number of thiazole rings is 1. The minimum atomic E-state index is -0.948. The van der Waals surface area contributed by atoms with Gasteiger partial charge in [-0.2, -0.15) is 0 Å². The Bertz CT molecular complexity index is 1600. The second-order valence-electron chi connectivity index (χ2n) is 16.1. The number of unbranched alkanes of at least 4 members (excludes halogenated alkanes) is 1. The lowest BCUT2D eigenvalue weighted by Crippen LogP contribution is -2.59. The average molecular weight is 815 g/mol. The van der Waals surface area contributed by atoms with E-state index in [1.165, 1.54) is 18.3 Å². The number of ether oxygens (including phenoxy) is 2.